The van der Waals surface area contributed by atoms with E-state index in [-0.39, 0.29) is 0 Å². The highest BCUT2D eigenvalue weighted by molar-refractivity contribution is 6.43. The molecule has 2 aromatic carbocycles. The zero-order valence-corrected chi connectivity index (χ0v) is 17.1. The number of nitrogens with one attached hydrogen (secondary N) is 1. The number of amides is 1. The molecule has 150 valence electrons. The number of hydrogen-bond acceptors (Lipinski definition) is 2. The minimum absolute atomic E-state index is 0.379. The molecule has 0 bridgehead atoms. The zero-order valence-electron chi connectivity index (χ0n) is 17.1. The number of aromatic nitrogens is 1. The van der Waals surface area contributed by atoms with Gasteiger partial charge < -0.3 is 9.72 Å². The zero-order chi connectivity index (χ0) is 21.1. The Balaban J connectivity index is 1.66. The van der Waals surface area contributed by atoms with Gasteiger partial charge in [-0.3, -0.25) is 9.59 Å². The Morgan fingerprint density at radius 2 is 1.50 bits per heavy atom. The standard InChI is InChI=1S/C26H24N2O2/c1-26(2,18-19-11-5-3-6-12-19)27-25(30)24(29)23-22(20-13-7-4-8-14-20)17-21-15-9-10-16-28(21)23/h3-17H,18H2,1-2H3,(H,27,30). The van der Waals surface area contributed by atoms with Gasteiger partial charge in [-0.25, -0.2) is 0 Å². The minimum atomic E-state index is -0.600. The van der Waals surface area contributed by atoms with Crippen LogP contribution < -0.4 is 5.32 Å². The number of carbonyl (C=O) groups excluding carboxylic acids is 2. The Kier molecular flexibility index (Phi) is 5.23. The molecule has 4 aromatic rings. The molecule has 4 rings (SSSR count). The molecule has 4 nitrogen and oxygen atoms in total. The highest BCUT2D eigenvalue weighted by Crippen LogP contribution is 2.28. The molecule has 0 atom stereocenters. The number of nitrogens with zero attached hydrogens (tertiary/aromatic N) is 1. The molecule has 0 radical (unpaired) electrons. The summed E-state index contributed by atoms with van der Waals surface area (Å²) in [5, 5.41) is 2.93. The van der Waals surface area contributed by atoms with Crippen LogP contribution in [0.4, 0.5) is 0 Å². The van der Waals surface area contributed by atoms with E-state index in [9.17, 15) is 9.59 Å². The van der Waals surface area contributed by atoms with E-state index in [0.717, 1.165) is 22.2 Å². The van der Waals surface area contributed by atoms with Gasteiger partial charge in [0, 0.05) is 22.8 Å². The molecule has 0 aliphatic heterocycles. The monoisotopic (exact) mass is 396 g/mol. The number of ketones is 1. The second-order valence-corrected chi connectivity index (χ2v) is 8.10. The number of hydrogen-bond donors (Lipinski definition) is 1. The van der Waals surface area contributed by atoms with Gasteiger partial charge in [-0.1, -0.05) is 66.7 Å². The maximum Gasteiger partial charge on any atom is 0.294 e. The molecule has 0 saturated heterocycles. The lowest BCUT2D eigenvalue weighted by molar-refractivity contribution is -0.118. The maximum absolute atomic E-state index is 13.3. The van der Waals surface area contributed by atoms with Crippen LogP contribution in [-0.2, 0) is 11.2 Å². The molecule has 2 aromatic heterocycles. The van der Waals surface area contributed by atoms with Gasteiger partial charge >= 0.3 is 0 Å². The molecule has 0 unspecified atom stereocenters. The van der Waals surface area contributed by atoms with Crippen LogP contribution in [0.2, 0.25) is 0 Å². The van der Waals surface area contributed by atoms with Crippen LogP contribution in [0.5, 0.6) is 0 Å². The molecular formula is C26H24N2O2. The van der Waals surface area contributed by atoms with Crippen LogP contribution in [0.1, 0.15) is 29.9 Å². The van der Waals surface area contributed by atoms with Crippen LogP contribution in [0.15, 0.2) is 91.1 Å². The van der Waals surface area contributed by atoms with Crippen molar-refractivity contribution >= 4 is 17.2 Å². The van der Waals surface area contributed by atoms with Gasteiger partial charge in [0.2, 0.25) is 0 Å². The largest absolute Gasteiger partial charge is 0.344 e. The van der Waals surface area contributed by atoms with Gasteiger partial charge in [0.25, 0.3) is 11.7 Å². The molecule has 0 fully saturated rings. The van der Waals surface area contributed by atoms with Crippen molar-refractivity contribution in [2.45, 2.75) is 25.8 Å². The van der Waals surface area contributed by atoms with Crippen molar-refractivity contribution in [1.29, 1.82) is 0 Å². The molecule has 2 heterocycles. The van der Waals surface area contributed by atoms with Crippen LogP contribution in [0.3, 0.4) is 0 Å². The molecule has 30 heavy (non-hydrogen) atoms. The van der Waals surface area contributed by atoms with Crippen LogP contribution in [0, 0.1) is 0 Å². The number of carbonyl (C=O) groups is 2. The van der Waals surface area contributed by atoms with Crippen LogP contribution in [-0.4, -0.2) is 21.6 Å². The average Bonchev–Trinajstić information content (AvgIpc) is 3.13. The first-order valence-corrected chi connectivity index (χ1v) is 10.0. The topological polar surface area (TPSA) is 50.6 Å². The highest BCUT2D eigenvalue weighted by atomic mass is 16.2. The fraction of sp³-hybridized carbons (Fsp3) is 0.154. The van der Waals surface area contributed by atoms with Gasteiger partial charge in [-0.15, -0.1) is 0 Å². The summed E-state index contributed by atoms with van der Waals surface area (Å²) in [6.45, 7) is 3.86. The predicted octanol–water partition coefficient (Wildman–Crippen LogP) is 4.93. The minimum Gasteiger partial charge on any atom is -0.344 e. The average molecular weight is 396 g/mol. The first-order chi connectivity index (χ1) is 14.4. The Hall–Kier alpha value is -3.66. The Labute approximate surface area is 176 Å². The van der Waals surface area contributed by atoms with Crippen LogP contribution >= 0.6 is 0 Å². The van der Waals surface area contributed by atoms with Gasteiger partial charge in [0.15, 0.2) is 0 Å². The lowest BCUT2D eigenvalue weighted by Crippen LogP contribution is -2.48. The number of pyridine rings is 1. The quantitative estimate of drug-likeness (QED) is 0.371. The molecule has 0 saturated carbocycles. The van der Waals surface area contributed by atoms with Crippen molar-refractivity contribution in [2.24, 2.45) is 0 Å². The Morgan fingerprint density at radius 1 is 0.867 bits per heavy atom. The third-order valence-electron chi connectivity index (χ3n) is 5.13. The van der Waals surface area contributed by atoms with E-state index in [2.05, 4.69) is 5.32 Å². The normalized spacial score (nSPS) is 11.4. The van der Waals surface area contributed by atoms with Crippen molar-refractivity contribution < 1.29 is 9.59 Å². The second kappa shape index (κ2) is 7.99. The number of Topliss-reactive ketones (excluding diaryl/α,β-unsaturated/α-hetero) is 1. The van der Waals surface area contributed by atoms with Crippen molar-refractivity contribution in [3.63, 3.8) is 0 Å². The SMILES string of the molecule is CC(C)(Cc1ccccc1)NC(=O)C(=O)c1c(-c2ccccc2)cc2ccccn12. The van der Waals surface area contributed by atoms with Crippen molar-refractivity contribution in [3.05, 3.63) is 102 Å². The van der Waals surface area contributed by atoms with Gasteiger partial charge in [0.05, 0.1) is 0 Å². The molecule has 0 spiro atoms. The van der Waals surface area contributed by atoms with Gasteiger partial charge in [-0.2, -0.15) is 0 Å². The van der Waals surface area contributed by atoms with E-state index in [1.165, 1.54) is 0 Å². The first kappa shape index (κ1) is 19.6. The highest BCUT2D eigenvalue weighted by Gasteiger charge is 2.29. The third-order valence-corrected chi connectivity index (χ3v) is 5.13. The lowest BCUT2D eigenvalue weighted by Gasteiger charge is -2.26. The van der Waals surface area contributed by atoms with Gasteiger partial charge in [-0.05, 0) is 49.6 Å². The van der Waals surface area contributed by atoms with Crippen molar-refractivity contribution in [1.82, 2.24) is 9.72 Å². The Morgan fingerprint density at radius 3 is 2.20 bits per heavy atom. The van der Waals surface area contributed by atoms with E-state index in [1.54, 1.807) is 4.40 Å². The molecule has 1 amide bonds. The summed E-state index contributed by atoms with van der Waals surface area (Å²) in [5.41, 5.74) is 3.45. The van der Waals surface area contributed by atoms with E-state index < -0.39 is 17.2 Å². The summed E-state index contributed by atoms with van der Waals surface area (Å²) in [6.07, 6.45) is 2.45. The first-order valence-electron chi connectivity index (χ1n) is 10.0. The molecule has 0 aliphatic carbocycles. The summed E-state index contributed by atoms with van der Waals surface area (Å²) >= 11 is 0. The second-order valence-electron chi connectivity index (χ2n) is 8.10. The van der Waals surface area contributed by atoms with Gasteiger partial charge in [0.1, 0.15) is 5.69 Å². The molecular weight excluding hydrogens is 372 g/mol. The number of benzene rings is 2. The summed E-state index contributed by atoms with van der Waals surface area (Å²) in [5.74, 6) is -1.14. The maximum atomic E-state index is 13.3. The summed E-state index contributed by atoms with van der Waals surface area (Å²) in [6, 6.07) is 27.3. The van der Waals surface area contributed by atoms with E-state index in [0.29, 0.717) is 12.1 Å². The Bertz CT molecular complexity index is 1190. The van der Waals surface area contributed by atoms with E-state index in [4.69, 9.17) is 0 Å². The summed E-state index contributed by atoms with van der Waals surface area (Å²) in [7, 11) is 0. The van der Waals surface area contributed by atoms with Crippen LogP contribution in [0.25, 0.3) is 16.6 Å². The summed E-state index contributed by atoms with van der Waals surface area (Å²) < 4.78 is 1.79. The van der Waals surface area contributed by atoms with E-state index in [1.807, 2.05) is 105 Å². The number of rotatable bonds is 6. The van der Waals surface area contributed by atoms with E-state index >= 15 is 0 Å². The van der Waals surface area contributed by atoms with Crippen molar-refractivity contribution in [2.75, 3.05) is 0 Å². The predicted molar refractivity (Wildman–Crippen MR) is 120 cm³/mol. The molecule has 1 N–H and O–H groups in total. The smallest absolute Gasteiger partial charge is 0.294 e. The fourth-order valence-corrected chi connectivity index (χ4v) is 3.82. The molecule has 4 heteroatoms. The summed E-state index contributed by atoms with van der Waals surface area (Å²) in [4.78, 5) is 26.3. The molecule has 0 aliphatic rings. The fourth-order valence-electron chi connectivity index (χ4n) is 3.82. The number of fused-ring (bicyclic) bond motifs is 1. The lowest BCUT2D eigenvalue weighted by atomic mass is 9.94. The third kappa shape index (κ3) is 4.03. The van der Waals surface area contributed by atoms with Crippen molar-refractivity contribution in [3.8, 4) is 11.1 Å².